The van der Waals surface area contributed by atoms with Crippen molar-refractivity contribution in [3.8, 4) is 11.8 Å². The van der Waals surface area contributed by atoms with Gasteiger partial charge in [-0.05, 0) is 30.3 Å². The summed E-state index contributed by atoms with van der Waals surface area (Å²) in [5.41, 5.74) is 2.01. The minimum Gasteiger partial charge on any atom is -0.496 e. The van der Waals surface area contributed by atoms with E-state index in [9.17, 15) is 4.79 Å². The third-order valence-corrected chi connectivity index (χ3v) is 3.83. The Labute approximate surface area is 146 Å². The maximum atomic E-state index is 12.2. The zero-order chi connectivity index (χ0) is 17.5. The molecule has 0 fully saturated rings. The first-order chi connectivity index (χ1) is 11.5. The summed E-state index contributed by atoms with van der Waals surface area (Å²) in [5, 5.41) is 12.0. The van der Waals surface area contributed by atoms with Crippen molar-refractivity contribution in [2.24, 2.45) is 0 Å². The topological polar surface area (TPSA) is 66.6 Å². The minimum atomic E-state index is -0.122. The quantitative estimate of drug-likeness (QED) is 0.840. The Kier molecular flexibility index (Phi) is 6.19. The number of hydrogen-bond acceptors (Lipinski definition) is 3. The molecular weight excluding hydrogens is 326 g/mol. The molecule has 24 heavy (non-hydrogen) atoms. The molecule has 0 radical (unpaired) electrons. The summed E-state index contributed by atoms with van der Waals surface area (Å²) in [6, 6.07) is 14.6. The monoisotopic (exact) mass is 344 g/mol. The molecule has 1 unspecified atom stereocenters. The van der Waals surface area contributed by atoms with Gasteiger partial charge in [0.05, 0.1) is 24.7 Å². The Balaban J connectivity index is 1.94. The number of methoxy groups -OCH3 is 1. The van der Waals surface area contributed by atoms with Crippen LogP contribution in [-0.2, 0) is 11.3 Å². The number of anilines is 1. The van der Waals surface area contributed by atoms with E-state index in [0.29, 0.717) is 29.4 Å². The Morgan fingerprint density at radius 3 is 2.75 bits per heavy atom. The van der Waals surface area contributed by atoms with Crippen LogP contribution in [0.2, 0.25) is 5.02 Å². The second kappa shape index (κ2) is 8.34. The standard InChI is InChI=1S/C18H18ClN3O2/c1-22(11-14-5-3-4-6-17(14)24-2)12-18(23)21-15-8-7-13(10-20)16(19)9-15/h3-9H,11-12H2,1-2H3,(H,21,23)/p+1. The van der Waals surface area contributed by atoms with Crippen molar-refractivity contribution >= 4 is 23.2 Å². The van der Waals surface area contributed by atoms with Crippen molar-refractivity contribution in [2.45, 2.75) is 6.54 Å². The number of quaternary nitrogens is 1. The molecule has 124 valence electrons. The van der Waals surface area contributed by atoms with Crippen LogP contribution in [0, 0.1) is 11.3 Å². The highest BCUT2D eigenvalue weighted by atomic mass is 35.5. The number of benzene rings is 2. The molecule has 0 heterocycles. The van der Waals surface area contributed by atoms with Crippen LogP contribution in [-0.4, -0.2) is 26.6 Å². The van der Waals surface area contributed by atoms with Crippen molar-refractivity contribution in [3.05, 3.63) is 58.6 Å². The number of nitrogens with one attached hydrogen (secondary N) is 2. The van der Waals surface area contributed by atoms with Gasteiger partial charge in [0.15, 0.2) is 6.54 Å². The Morgan fingerprint density at radius 1 is 1.33 bits per heavy atom. The normalized spacial score (nSPS) is 11.4. The third-order valence-electron chi connectivity index (χ3n) is 3.52. The van der Waals surface area contributed by atoms with Crippen LogP contribution < -0.4 is 15.0 Å². The first kappa shape index (κ1) is 17.8. The number of rotatable bonds is 6. The molecular formula is C18H19ClN3O2+. The Hall–Kier alpha value is -2.55. The molecule has 0 aromatic heterocycles. The van der Waals surface area contributed by atoms with Gasteiger partial charge >= 0.3 is 0 Å². The van der Waals surface area contributed by atoms with Crippen LogP contribution in [0.4, 0.5) is 5.69 Å². The van der Waals surface area contributed by atoms with E-state index in [1.807, 2.05) is 37.4 Å². The molecule has 0 aliphatic heterocycles. The minimum absolute atomic E-state index is 0.122. The van der Waals surface area contributed by atoms with E-state index >= 15 is 0 Å². The summed E-state index contributed by atoms with van der Waals surface area (Å²) in [5.74, 6) is 0.694. The molecule has 2 N–H and O–H groups in total. The number of halogens is 1. The molecule has 0 spiro atoms. The second-order valence-corrected chi connectivity index (χ2v) is 5.88. The van der Waals surface area contributed by atoms with Crippen molar-refractivity contribution in [1.82, 2.24) is 0 Å². The largest absolute Gasteiger partial charge is 0.496 e. The number of carbonyl (C=O) groups is 1. The van der Waals surface area contributed by atoms with Crippen molar-refractivity contribution in [1.29, 1.82) is 5.26 Å². The molecule has 0 saturated carbocycles. The van der Waals surface area contributed by atoms with E-state index < -0.39 is 0 Å². The highest BCUT2D eigenvalue weighted by Crippen LogP contribution is 2.20. The van der Waals surface area contributed by atoms with Gasteiger partial charge in [-0.3, -0.25) is 4.79 Å². The summed E-state index contributed by atoms with van der Waals surface area (Å²) < 4.78 is 5.33. The van der Waals surface area contributed by atoms with E-state index in [1.165, 1.54) is 0 Å². The van der Waals surface area contributed by atoms with E-state index in [0.717, 1.165) is 16.2 Å². The SMILES string of the molecule is COc1ccccc1C[NH+](C)CC(=O)Nc1ccc(C#N)c(Cl)c1. The van der Waals surface area contributed by atoms with Gasteiger partial charge in [0.25, 0.3) is 5.91 Å². The van der Waals surface area contributed by atoms with Gasteiger partial charge in [-0.25, -0.2) is 0 Å². The fraction of sp³-hybridized carbons (Fsp3) is 0.222. The first-order valence-corrected chi connectivity index (χ1v) is 7.84. The van der Waals surface area contributed by atoms with Crippen LogP contribution in [0.25, 0.3) is 0 Å². The zero-order valence-corrected chi connectivity index (χ0v) is 14.4. The number of hydrogen-bond donors (Lipinski definition) is 2. The number of amides is 1. The Bertz CT molecular complexity index is 771. The van der Waals surface area contributed by atoms with Gasteiger partial charge in [-0.2, -0.15) is 5.26 Å². The number of carbonyl (C=O) groups excluding carboxylic acids is 1. The number of ether oxygens (including phenoxy) is 1. The van der Waals surface area contributed by atoms with Gasteiger partial charge in [0.1, 0.15) is 18.4 Å². The summed E-state index contributed by atoms with van der Waals surface area (Å²) in [6.07, 6.45) is 0. The number of para-hydroxylation sites is 1. The molecule has 1 atom stereocenters. The predicted octanol–water partition coefficient (Wildman–Crippen LogP) is 1.87. The van der Waals surface area contributed by atoms with Crippen LogP contribution in [0.1, 0.15) is 11.1 Å². The predicted molar refractivity (Wildman–Crippen MR) is 93.2 cm³/mol. The molecule has 1 amide bonds. The molecule has 5 nitrogen and oxygen atoms in total. The van der Waals surface area contributed by atoms with Gasteiger partial charge in [0.2, 0.25) is 0 Å². The van der Waals surface area contributed by atoms with Gasteiger partial charge in [0, 0.05) is 11.3 Å². The van der Waals surface area contributed by atoms with Gasteiger partial charge < -0.3 is 15.0 Å². The lowest BCUT2D eigenvalue weighted by Crippen LogP contribution is -3.08. The van der Waals surface area contributed by atoms with Gasteiger partial charge in [-0.1, -0.05) is 23.7 Å². The lowest BCUT2D eigenvalue weighted by molar-refractivity contribution is -0.885. The molecule has 2 rings (SSSR count). The fourth-order valence-corrected chi connectivity index (χ4v) is 2.62. The molecule has 2 aromatic rings. The van der Waals surface area contributed by atoms with E-state index in [2.05, 4.69) is 5.32 Å². The third kappa shape index (κ3) is 4.72. The molecule has 2 aromatic carbocycles. The average Bonchev–Trinajstić information content (AvgIpc) is 2.55. The van der Waals surface area contributed by atoms with E-state index in [-0.39, 0.29) is 5.91 Å². The summed E-state index contributed by atoms with van der Waals surface area (Å²) >= 11 is 5.97. The van der Waals surface area contributed by atoms with Crippen LogP contribution in [0.5, 0.6) is 5.75 Å². The lowest BCUT2D eigenvalue weighted by atomic mass is 10.2. The van der Waals surface area contributed by atoms with E-state index in [4.69, 9.17) is 21.6 Å². The number of nitrogens with zero attached hydrogens (tertiary/aromatic N) is 1. The fourth-order valence-electron chi connectivity index (χ4n) is 2.40. The maximum Gasteiger partial charge on any atom is 0.279 e. The molecule has 0 bridgehead atoms. The summed E-state index contributed by atoms with van der Waals surface area (Å²) in [7, 11) is 3.58. The molecule has 6 heteroatoms. The van der Waals surface area contributed by atoms with Crippen LogP contribution >= 0.6 is 11.6 Å². The molecule has 0 aliphatic carbocycles. The number of nitriles is 1. The van der Waals surface area contributed by atoms with Crippen molar-refractivity contribution in [3.63, 3.8) is 0 Å². The molecule has 0 aliphatic rings. The van der Waals surface area contributed by atoms with E-state index in [1.54, 1.807) is 25.3 Å². The molecule has 0 saturated heterocycles. The Morgan fingerprint density at radius 2 is 2.08 bits per heavy atom. The summed E-state index contributed by atoms with van der Waals surface area (Å²) in [4.78, 5) is 13.2. The van der Waals surface area contributed by atoms with Crippen LogP contribution in [0.3, 0.4) is 0 Å². The average molecular weight is 345 g/mol. The lowest BCUT2D eigenvalue weighted by Gasteiger charge is -2.15. The maximum absolute atomic E-state index is 12.2. The second-order valence-electron chi connectivity index (χ2n) is 5.48. The smallest absolute Gasteiger partial charge is 0.279 e. The van der Waals surface area contributed by atoms with Gasteiger partial charge in [-0.15, -0.1) is 0 Å². The summed E-state index contributed by atoms with van der Waals surface area (Å²) in [6.45, 7) is 0.973. The highest BCUT2D eigenvalue weighted by Gasteiger charge is 2.13. The van der Waals surface area contributed by atoms with Crippen molar-refractivity contribution in [2.75, 3.05) is 26.0 Å². The first-order valence-electron chi connectivity index (χ1n) is 7.46. The number of likely N-dealkylation sites (N-methyl/N-ethyl adjacent to an activating group) is 1. The van der Waals surface area contributed by atoms with Crippen molar-refractivity contribution < 1.29 is 14.4 Å². The zero-order valence-electron chi connectivity index (χ0n) is 13.6. The van der Waals surface area contributed by atoms with Crippen LogP contribution in [0.15, 0.2) is 42.5 Å². The highest BCUT2D eigenvalue weighted by molar-refractivity contribution is 6.32.